The molecule has 0 spiro atoms. The summed E-state index contributed by atoms with van der Waals surface area (Å²) in [5, 5.41) is 0. The highest BCUT2D eigenvalue weighted by atomic mass is 19.4. The number of hydrogen-bond acceptors (Lipinski definition) is 3. The van der Waals surface area contributed by atoms with Crippen molar-refractivity contribution >= 4 is 5.82 Å². The van der Waals surface area contributed by atoms with Gasteiger partial charge < -0.3 is 10.6 Å². The molecule has 3 nitrogen and oxygen atoms in total. The van der Waals surface area contributed by atoms with Gasteiger partial charge in [-0.2, -0.15) is 13.2 Å². The van der Waals surface area contributed by atoms with Gasteiger partial charge in [0.05, 0.1) is 5.56 Å². The number of halogens is 3. The van der Waals surface area contributed by atoms with Crippen molar-refractivity contribution in [1.29, 1.82) is 0 Å². The van der Waals surface area contributed by atoms with Crippen molar-refractivity contribution in [3.05, 3.63) is 23.9 Å². The van der Waals surface area contributed by atoms with Crippen LogP contribution in [0.5, 0.6) is 0 Å². The minimum atomic E-state index is -4.33. The fourth-order valence-corrected chi connectivity index (χ4v) is 2.53. The number of alkyl halides is 3. The van der Waals surface area contributed by atoms with Gasteiger partial charge in [-0.15, -0.1) is 0 Å². The molecular formula is C13H18F3N3. The molecular weight excluding hydrogens is 255 g/mol. The van der Waals surface area contributed by atoms with E-state index >= 15 is 0 Å². The Kier molecular flexibility index (Phi) is 3.99. The molecule has 1 aromatic rings. The first kappa shape index (κ1) is 14.1. The topological polar surface area (TPSA) is 42.2 Å². The monoisotopic (exact) mass is 273 g/mol. The summed E-state index contributed by atoms with van der Waals surface area (Å²) >= 11 is 0. The maximum atomic E-state index is 12.7. The van der Waals surface area contributed by atoms with E-state index in [4.69, 9.17) is 5.73 Å². The molecule has 0 amide bonds. The summed E-state index contributed by atoms with van der Waals surface area (Å²) in [6.07, 6.45) is -1.10. The zero-order valence-electron chi connectivity index (χ0n) is 10.8. The van der Waals surface area contributed by atoms with E-state index in [0.29, 0.717) is 24.8 Å². The molecule has 0 saturated carbocycles. The lowest BCUT2D eigenvalue weighted by Crippen LogP contribution is -2.29. The maximum absolute atomic E-state index is 12.7. The number of nitrogens with two attached hydrogens (primary N) is 1. The summed E-state index contributed by atoms with van der Waals surface area (Å²) in [6, 6.07) is 2.10. The molecule has 2 atom stereocenters. The third kappa shape index (κ3) is 3.18. The predicted molar refractivity (Wildman–Crippen MR) is 67.8 cm³/mol. The van der Waals surface area contributed by atoms with Crippen molar-refractivity contribution < 1.29 is 13.2 Å². The zero-order valence-corrected chi connectivity index (χ0v) is 10.8. The second-order valence-corrected chi connectivity index (χ2v) is 5.02. The van der Waals surface area contributed by atoms with Crippen molar-refractivity contribution in [2.75, 3.05) is 18.0 Å². The first-order chi connectivity index (χ1) is 8.91. The van der Waals surface area contributed by atoms with E-state index in [2.05, 4.69) is 11.9 Å². The second kappa shape index (κ2) is 5.36. The lowest BCUT2D eigenvalue weighted by Gasteiger charge is -2.18. The fraction of sp³-hybridized carbons (Fsp3) is 0.615. The molecule has 1 saturated heterocycles. The molecule has 0 aromatic carbocycles. The molecule has 2 N–H and O–H groups in total. The van der Waals surface area contributed by atoms with Crippen LogP contribution in [0.2, 0.25) is 0 Å². The Morgan fingerprint density at radius 3 is 2.79 bits per heavy atom. The van der Waals surface area contributed by atoms with E-state index in [1.54, 1.807) is 0 Å². The van der Waals surface area contributed by atoms with Crippen molar-refractivity contribution in [3.63, 3.8) is 0 Å². The summed E-state index contributed by atoms with van der Waals surface area (Å²) in [5.41, 5.74) is 5.36. The number of pyridine rings is 1. The predicted octanol–water partition coefficient (Wildman–Crippen LogP) is 2.66. The minimum Gasteiger partial charge on any atom is -0.355 e. The fourth-order valence-electron chi connectivity index (χ4n) is 2.53. The van der Waals surface area contributed by atoms with E-state index in [9.17, 15) is 13.2 Å². The summed E-state index contributed by atoms with van der Waals surface area (Å²) in [5.74, 6) is 0.699. The lowest BCUT2D eigenvalue weighted by atomic mass is 9.99. The molecule has 1 aliphatic heterocycles. The van der Waals surface area contributed by atoms with E-state index in [0.717, 1.165) is 25.0 Å². The molecule has 6 heteroatoms. The summed E-state index contributed by atoms with van der Waals surface area (Å²) in [4.78, 5) is 5.88. The highest BCUT2D eigenvalue weighted by molar-refractivity contribution is 5.43. The van der Waals surface area contributed by atoms with Gasteiger partial charge in [-0.1, -0.05) is 13.3 Å². The average molecular weight is 273 g/mol. The number of anilines is 1. The van der Waals surface area contributed by atoms with Gasteiger partial charge in [-0.3, -0.25) is 0 Å². The van der Waals surface area contributed by atoms with E-state index < -0.39 is 11.7 Å². The Labute approximate surface area is 110 Å². The molecule has 0 unspecified atom stereocenters. The SMILES string of the molecule is CCC[C@H]1CN(c2cc(C(F)(F)F)ccn2)C[C@@H]1N. The zero-order chi connectivity index (χ0) is 14.0. The molecule has 0 radical (unpaired) electrons. The van der Waals surface area contributed by atoms with E-state index in [1.807, 2.05) is 4.90 Å². The molecule has 2 heterocycles. The number of nitrogens with zero attached hydrogens (tertiary/aromatic N) is 2. The van der Waals surface area contributed by atoms with E-state index in [-0.39, 0.29) is 6.04 Å². The first-order valence-electron chi connectivity index (χ1n) is 6.45. The standard InChI is InChI=1S/C13H18F3N3/c1-2-3-9-7-19(8-11(9)17)12-6-10(4-5-18-12)13(14,15)16/h4-6,9,11H,2-3,7-8,17H2,1H3/t9-,11-/m0/s1. The van der Waals surface area contributed by atoms with Gasteiger partial charge in [0.15, 0.2) is 0 Å². The normalized spacial score (nSPS) is 23.9. The Hall–Kier alpha value is -1.30. The van der Waals surface area contributed by atoms with Crippen molar-refractivity contribution in [2.24, 2.45) is 11.7 Å². The van der Waals surface area contributed by atoms with Crippen LogP contribution in [-0.4, -0.2) is 24.1 Å². The molecule has 2 rings (SSSR count). The van der Waals surface area contributed by atoms with Gasteiger partial charge in [0.2, 0.25) is 0 Å². The third-order valence-electron chi connectivity index (χ3n) is 3.55. The van der Waals surface area contributed by atoms with Gasteiger partial charge in [-0.25, -0.2) is 4.98 Å². The number of aromatic nitrogens is 1. The van der Waals surface area contributed by atoms with Crippen LogP contribution in [0.4, 0.5) is 19.0 Å². The van der Waals surface area contributed by atoms with Crippen molar-refractivity contribution in [1.82, 2.24) is 4.98 Å². The van der Waals surface area contributed by atoms with Gasteiger partial charge in [0, 0.05) is 25.3 Å². The Balaban J connectivity index is 2.15. The highest BCUT2D eigenvalue weighted by Gasteiger charge is 2.33. The van der Waals surface area contributed by atoms with Gasteiger partial charge in [-0.05, 0) is 24.5 Å². The minimum absolute atomic E-state index is 0.0105. The lowest BCUT2D eigenvalue weighted by molar-refractivity contribution is -0.137. The van der Waals surface area contributed by atoms with Gasteiger partial charge in [0.25, 0.3) is 0 Å². The van der Waals surface area contributed by atoms with Crippen LogP contribution in [0.25, 0.3) is 0 Å². The molecule has 1 aliphatic rings. The van der Waals surface area contributed by atoms with Crippen molar-refractivity contribution in [3.8, 4) is 0 Å². The van der Waals surface area contributed by atoms with Crippen LogP contribution in [0.15, 0.2) is 18.3 Å². The molecule has 1 aromatic heterocycles. The molecule has 1 fully saturated rings. The Morgan fingerprint density at radius 1 is 1.42 bits per heavy atom. The van der Waals surface area contributed by atoms with Crippen LogP contribution >= 0.6 is 0 Å². The van der Waals surface area contributed by atoms with Crippen LogP contribution in [-0.2, 0) is 6.18 Å². The summed E-state index contributed by atoms with van der Waals surface area (Å²) < 4.78 is 38.0. The van der Waals surface area contributed by atoms with Crippen LogP contribution in [0, 0.1) is 5.92 Å². The second-order valence-electron chi connectivity index (χ2n) is 5.02. The Bertz CT molecular complexity index is 433. The van der Waals surface area contributed by atoms with Crippen molar-refractivity contribution in [2.45, 2.75) is 32.0 Å². The van der Waals surface area contributed by atoms with Gasteiger partial charge in [0.1, 0.15) is 5.82 Å². The highest BCUT2D eigenvalue weighted by Crippen LogP contribution is 2.32. The van der Waals surface area contributed by atoms with Crippen LogP contribution in [0.3, 0.4) is 0 Å². The molecule has 0 aliphatic carbocycles. The summed E-state index contributed by atoms with van der Waals surface area (Å²) in [7, 11) is 0. The Morgan fingerprint density at radius 2 is 2.16 bits per heavy atom. The molecule has 0 bridgehead atoms. The first-order valence-corrected chi connectivity index (χ1v) is 6.45. The van der Waals surface area contributed by atoms with Gasteiger partial charge >= 0.3 is 6.18 Å². The maximum Gasteiger partial charge on any atom is 0.416 e. The summed E-state index contributed by atoms with van der Waals surface area (Å²) in [6.45, 7) is 3.33. The number of rotatable bonds is 3. The van der Waals surface area contributed by atoms with E-state index in [1.165, 1.54) is 6.20 Å². The molecule has 106 valence electrons. The number of hydrogen-bond donors (Lipinski definition) is 1. The van der Waals surface area contributed by atoms with Crippen LogP contribution < -0.4 is 10.6 Å². The third-order valence-corrected chi connectivity index (χ3v) is 3.55. The van der Waals surface area contributed by atoms with Crippen LogP contribution in [0.1, 0.15) is 25.3 Å². The smallest absolute Gasteiger partial charge is 0.355 e. The largest absolute Gasteiger partial charge is 0.416 e. The molecule has 19 heavy (non-hydrogen) atoms. The average Bonchev–Trinajstić information content (AvgIpc) is 2.71. The quantitative estimate of drug-likeness (QED) is 0.920.